The summed E-state index contributed by atoms with van der Waals surface area (Å²) in [6.07, 6.45) is -3.88. The van der Waals surface area contributed by atoms with Crippen LogP contribution in [0.1, 0.15) is 5.56 Å². The first-order valence-electron chi connectivity index (χ1n) is 5.57. The van der Waals surface area contributed by atoms with Crippen LogP contribution in [-0.2, 0) is 11.2 Å². The Balaban J connectivity index is 2.54. The Hall–Kier alpha value is -0.490. The molecular weight excluding hydrogens is 302 g/mol. The highest BCUT2D eigenvalue weighted by atomic mass is 35.5. The number of halogens is 5. The van der Waals surface area contributed by atoms with Crippen LogP contribution in [0.25, 0.3) is 0 Å². The Bertz CT molecular complexity index is 412. The molecule has 0 aromatic heterocycles. The molecule has 0 spiro atoms. The fraction of sp³-hybridized carbons (Fsp3) is 0.500. The molecule has 0 aliphatic carbocycles. The fourth-order valence-electron chi connectivity index (χ4n) is 1.53. The molecule has 1 rings (SSSR count). The van der Waals surface area contributed by atoms with Gasteiger partial charge < -0.3 is 10.1 Å². The zero-order chi connectivity index (χ0) is 14.5. The first-order valence-corrected chi connectivity index (χ1v) is 6.33. The van der Waals surface area contributed by atoms with E-state index in [1.807, 2.05) is 0 Å². The summed E-state index contributed by atoms with van der Waals surface area (Å²) in [6.45, 7) is -1.31. The Labute approximate surface area is 119 Å². The van der Waals surface area contributed by atoms with Crippen molar-refractivity contribution in [2.24, 2.45) is 0 Å². The van der Waals surface area contributed by atoms with Gasteiger partial charge in [-0.2, -0.15) is 13.2 Å². The van der Waals surface area contributed by atoms with Crippen LogP contribution in [0.5, 0.6) is 0 Å². The highest BCUT2D eigenvalue weighted by Crippen LogP contribution is 2.22. The number of nitrogens with one attached hydrogen (secondary N) is 1. The number of likely N-dealkylation sites (N-methyl/N-ethyl adjacent to an activating group) is 1. The van der Waals surface area contributed by atoms with Crippen LogP contribution in [-0.4, -0.2) is 32.5 Å². The van der Waals surface area contributed by atoms with Gasteiger partial charge in [0.25, 0.3) is 0 Å². The minimum atomic E-state index is -4.31. The summed E-state index contributed by atoms with van der Waals surface area (Å²) >= 11 is 11.8. The van der Waals surface area contributed by atoms with Crippen LogP contribution in [0.15, 0.2) is 18.2 Å². The van der Waals surface area contributed by atoms with E-state index < -0.39 is 12.8 Å². The fourth-order valence-corrected chi connectivity index (χ4v) is 1.92. The maximum absolute atomic E-state index is 12.0. The average molecular weight is 316 g/mol. The predicted molar refractivity (Wildman–Crippen MR) is 69.9 cm³/mol. The molecule has 1 atom stereocenters. The number of benzene rings is 1. The van der Waals surface area contributed by atoms with E-state index in [9.17, 15) is 13.2 Å². The van der Waals surface area contributed by atoms with Gasteiger partial charge in [-0.1, -0.05) is 23.2 Å². The summed E-state index contributed by atoms with van der Waals surface area (Å²) in [5, 5.41) is 3.95. The average Bonchev–Trinajstić information content (AvgIpc) is 2.30. The highest BCUT2D eigenvalue weighted by molar-refractivity contribution is 6.33. The zero-order valence-electron chi connectivity index (χ0n) is 10.2. The van der Waals surface area contributed by atoms with Gasteiger partial charge in [-0.25, -0.2) is 0 Å². The van der Waals surface area contributed by atoms with Crippen LogP contribution < -0.4 is 5.32 Å². The lowest BCUT2D eigenvalue weighted by Crippen LogP contribution is -2.34. The summed E-state index contributed by atoms with van der Waals surface area (Å²) in [5.74, 6) is 0. The minimum absolute atomic E-state index is 0.0567. The third kappa shape index (κ3) is 6.47. The largest absolute Gasteiger partial charge is 0.411 e. The van der Waals surface area contributed by atoms with Crippen molar-refractivity contribution >= 4 is 23.2 Å². The maximum Gasteiger partial charge on any atom is 0.411 e. The van der Waals surface area contributed by atoms with E-state index in [0.29, 0.717) is 16.5 Å². The SMILES string of the molecule is CNC(COCC(F)(F)F)Cc1cc(Cl)ccc1Cl. The van der Waals surface area contributed by atoms with Crippen molar-refractivity contribution in [3.63, 3.8) is 0 Å². The molecule has 0 radical (unpaired) electrons. The van der Waals surface area contributed by atoms with Gasteiger partial charge in [0.05, 0.1) is 6.61 Å². The molecule has 1 unspecified atom stereocenters. The molecule has 0 amide bonds. The number of ether oxygens (including phenoxy) is 1. The van der Waals surface area contributed by atoms with E-state index in [0.717, 1.165) is 5.56 Å². The van der Waals surface area contributed by atoms with E-state index >= 15 is 0 Å². The lowest BCUT2D eigenvalue weighted by Gasteiger charge is -2.18. The second kappa shape index (κ2) is 7.33. The van der Waals surface area contributed by atoms with Gasteiger partial charge in [0.2, 0.25) is 0 Å². The second-order valence-electron chi connectivity index (χ2n) is 4.06. The van der Waals surface area contributed by atoms with Crippen LogP contribution in [0.2, 0.25) is 10.0 Å². The smallest absolute Gasteiger partial charge is 0.370 e. The molecule has 0 saturated heterocycles. The number of rotatable bonds is 6. The van der Waals surface area contributed by atoms with E-state index in [-0.39, 0.29) is 12.6 Å². The van der Waals surface area contributed by atoms with Crippen molar-refractivity contribution in [3.8, 4) is 0 Å². The molecule has 0 fully saturated rings. The van der Waals surface area contributed by atoms with Gasteiger partial charge >= 0.3 is 6.18 Å². The molecule has 0 aliphatic heterocycles. The lowest BCUT2D eigenvalue weighted by molar-refractivity contribution is -0.175. The Morgan fingerprint density at radius 1 is 1.32 bits per heavy atom. The van der Waals surface area contributed by atoms with Crippen molar-refractivity contribution in [2.75, 3.05) is 20.3 Å². The van der Waals surface area contributed by atoms with E-state index in [2.05, 4.69) is 10.1 Å². The van der Waals surface area contributed by atoms with Crippen molar-refractivity contribution in [1.82, 2.24) is 5.32 Å². The van der Waals surface area contributed by atoms with Crippen LogP contribution >= 0.6 is 23.2 Å². The molecule has 0 aliphatic rings. The van der Waals surface area contributed by atoms with Gasteiger partial charge in [0.1, 0.15) is 6.61 Å². The first-order chi connectivity index (χ1) is 8.81. The van der Waals surface area contributed by atoms with Gasteiger partial charge in [-0.15, -0.1) is 0 Å². The Morgan fingerprint density at radius 2 is 2.00 bits per heavy atom. The van der Waals surface area contributed by atoms with Crippen LogP contribution in [0.4, 0.5) is 13.2 Å². The van der Waals surface area contributed by atoms with E-state index in [1.165, 1.54) is 0 Å². The van der Waals surface area contributed by atoms with Crippen LogP contribution in [0.3, 0.4) is 0 Å². The van der Waals surface area contributed by atoms with E-state index in [4.69, 9.17) is 23.2 Å². The van der Waals surface area contributed by atoms with Crippen molar-refractivity contribution < 1.29 is 17.9 Å². The predicted octanol–water partition coefficient (Wildman–Crippen LogP) is 3.70. The quantitative estimate of drug-likeness (QED) is 0.864. The van der Waals surface area contributed by atoms with Gasteiger partial charge in [0.15, 0.2) is 0 Å². The molecule has 1 N–H and O–H groups in total. The Kier molecular flexibility index (Phi) is 6.39. The lowest BCUT2D eigenvalue weighted by atomic mass is 10.1. The van der Waals surface area contributed by atoms with E-state index in [1.54, 1.807) is 25.2 Å². The zero-order valence-corrected chi connectivity index (χ0v) is 11.7. The molecular formula is C12H14Cl2F3NO. The molecule has 0 heterocycles. The number of hydrogen-bond acceptors (Lipinski definition) is 2. The summed E-state index contributed by atoms with van der Waals surface area (Å²) in [4.78, 5) is 0. The van der Waals surface area contributed by atoms with Crippen molar-refractivity contribution in [3.05, 3.63) is 33.8 Å². The number of hydrogen-bond donors (Lipinski definition) is 1. The summed E-state index contributed by atoms with van der Waals surface area (Å²) in [6, 6.07) is 4.74. The summed E-state index contributed by atoms with van der Waals surface area (Å²) in [5.41, 5.74) is 0.768. The van der Waals surface area contributed by atoms with Gasteiger partial charge in [0, 0.05) is 16.1 Å². The van der Waals surface area contributed by atoms with Crippen LogP contribution in [0, 0.1) is 0 Å². The first kappa shape index (κ1) is 16.6. The van der Waals surface area contributed by atoms with Crippen molar-refractivity contribution in [2.45, 2.75) is 18.6 Å². The normalized spacial score (nSPS) is 13.6. The molecule has 2 nitrogen and oxygen atoms in total. The standard InChI is InChI=1S/C12H14Cl2F3NO/c1-18-10(6-19-7-12(15,16)17)5-8-4-9(13)2-3-11(8)14/h2-4,10,18H,5-7H2,1H3. The monoisotopic (exact) mass is 315 g/mol. The third-order valence-electron chi connectivity index (χ3n) is 2.47. The molecule has 0 bridgehead atoms. The second-order valence-corrected chi connectivity index (χ2v) is 4.90. The molecule has 19 heavy (non-hydrogen) atoms. The topological polar surface area (TPSA) is 21.3 Å². The maximum atomic E-state index is 12.0. The molecule has 108 valence electrons. The molecule has 1 aromatic carbocycles. The number of alkyl halides is 3. The molecule has 7 heteroatoms. The highest BCUT2D eigenvalue weighted by Gasteiger charge is 2.27. The third-order valence-corrected chi connectivity index (χ3v) is 3.07. The summed E-state index contributed by atoms with van der Waals surface area (Å²) in [7, 11) is 1.65. The molecule has 0 saturated carbocycles. The van der Waals surface area contributed by atoms with Gasteiger partial charge in [-0.3, -0.25) is 0 Å². The minimum Gasteiger partial charge on any atom is -0.370 e. The summed E-state index contributed by atoms with van der Waals surface area (Å²) < 4.78 is 40.5. The Morgan fingerprint density at radius 3 is 2.58 bits per heavy atom. The van der Waals surface area contributed by atoms with Crippen molar-refractivity contribution in [1.29, 1.82) is 0 Å². The molecule has 1 aromatic rings. The van der Waals surface area contributed by atoms with Gasteiger partial charge in [-0.05, 0) is 37.2 Å².